The topological polar surface area (TPSA) is 53.4 Å². The van der Waals surface area contributed by atoms with E-state index >= 15 is 0 Å². The van der Waals surface area contributed by atoms with E-state index in [0.29, 0.717) is 0 Å². The highest BCUT2D eigenvalue weighted by Crippen LogP contribution is 2.19. The van der Waals surface area contributed by atoms with Crippen LogP contribution in [0.2, 0.25) is 0 Å². The number of imidazole rings is 1. The monoisotopic (exact) mass is 347 g/mol. The van der Waals surface area contributed by atoms with Crippen LogP contribution in [0.4, 0.5) is 0 Å². The van der Waals surface area contributed by atoms with Gasteiger partial charge in [0.25, 0.3) is 0 Å². The van der Waals surface area contributed by atoms with Crippen LogP contribution in [-0.2, 0) is 18.4 Å². The summed E-state index contributed by atoms with van der Waals surface area (Å²) in [6.45, 7) is 9.32. The van der Waals surface area contributed by atoms with E-state index in [1.165, 1.54) is 25.9 Å². The van der Waals surface area contributed by atoms with E-state index in [2.05, 4.69) is 31.6 Å². The third-order valence-corrected chi connectivity index (χ3v) is 5.71. The van der Waals surface area contributed by atoms with Gasteiger partial charge in [-0.3, -0.25) is 9.69 Å². The SMILES string of the molecule is C[C@H]1CCCN(CCNC(=O)C2CCN(Cc3nccn3C)CC2)C1. The van der Waals surface area contributed by atoms with Crippen LogP contribution in [0, 0.1) is 11.8 Å². The van der Waals surface area contributed by atoms with Crippen molar-refractivity contribution in [2.24, 2.45) is 18.9 Å². The Morgan fingerprint density at radius 3 is 2.72 bits per heavy atom. The number of carbonyl (C=O) groups excluding carboxylic acids is 1. The lowest BCUT2D eigenvalue weighted by Crippen LogP contribution is -2.44. The Labute approximate surface area is 151 Å². The summed E-state index contributed by atoms with van der Waals surface area (Å²) in [7, 11) is 2.03. The van der Waals surface area contributed by atoms with Crippen molar-refractivity contribution in [3.05, 3.63) is 18.2 Å². The van der Waals surface area contributed by atoms with Crippen LogP contribution in [0.5, 0.6) is 0 Å². The van der Waals surface area contributed by atoms with E-state index < -0.39 is 0 Å². The van der Waals surface area contributed by atoms with Gasteiger partial charge in [0.15, 0.2) is 0 Å². The molecule has 1 amide bonds. The lowest BCUT2D eigenvalue weighted by Gasteiger charge is -2.32. The van der Waals surface area contributed by atoms with Gasteiger partial charge in [-0.2, -0.15) is 0 Å². The first-order valence-electron chi connectivity index (χ1n) is 9.80. The fraction of sp³-hybridized carbons (Fsp3) is 0.789. The van der Waals surface area contributed by atoms with Crippen molar-refractivity contribution in [2.75, 3.05) is 39.3 Å². The van der Waals surface area contributed by atoms with E-state index in [-0.39, 0.29) is 11.8 Å². The fourth-order valence-electron chi connectivity index (χ4n) is 4.07. The normalized spacial score (nSPS) is 23.7. The van der Waals surface area contributed by atoms with Crippen molar-refractivity contribution in [3.63, 3.8) is 0 Å². The van der Waals surface area contributed by atoms with Crippen molar-refractivity contribution < 1.29 is 4.79 Å². The highest BCUT2D eigenvalue weighted by molar-refractivity contribution is 5.78. The molecule has 3 heterocycles. The molecule has 0 spiro atoms. The Morgan fingerprint density at radius 2 is 2.04 bits per heavy atom. The third-order valence-electron chi connectivity index (χ3n) is 5.71. The zero-order valence-electron chi connectivity index (χ0n) is 15.8. The Balaban J connectivity index is 1.33. The Hall–Kier alpha value is -1.40. The van der Waals surface area contributed by atoms with Crippen LogP contribution in [0.3, 0.4) is 0 Å². The molecule has 0 aliphatic carbocycles. The van der Waals surface area contributed by atoms with Gasteiger partial charge < -0.3 is 14.8 Å². The maximum Gasteiger partial charge on any atom is 0.223 e. The second-order valence-electron chi connectivity index (χ2n) is 7.84. The molecule has 3 rings (SSSR count). The first kappa shape index (κ1) is 18.4. The standard InChI is InChI=1S/C19H33N5O/c1-16-4-3-9-23(14-16)13-8-21-19(25)17-5-10-24(11-6-17)15-18-20-7-12-22(18)2/h7,12,16-17H,3-6,8-11,13-15H2,1-2H3,(H,21,25)/t16-/m0/s1. The smallest absolute Gasteiger partial charge is 0.223 e. The fourth-order valence-corrected chi connectivity index (χ4v) is 4.07. The van der Waals surface area contributed by atoms with Gasteiger partial charge >= 0.3 is 0 Å². The van der Waals surface area contributed by atoms with Crippen LogP contribution < -0.4 is 5.32 Å². The largest absolute Gasteiger partial charge is 0.355 e. The van der Waals surface area contributed by atoms with Crippen LogP contribution in [-0.4, -0.2) is 64.5 Å². The van der Waals surface area contributed by atoms with Gasteiger partial charge in [-0.15, -0.1) is 0 Å². The van der Waals surface area contributed by atoms with E-state index in [1.807, 2.05) is 19.4 Å². The molecule has 0 unspecified atom stereocenters. The van der Waals surface area contributed by atoms with E-state index in [1.54, 1.807) is 0 Å². The van der Waals surface area contributed by atoms with Gasteiger partial charge in [0, 0.05) is 45.0 Å². The molecule has 0 radical (unpaired) electrons. The Morgan fingerprint density at radius 1 is 1.24 bits per heavy atom. The molecular formula is C19H33N5O. The van der Waals surface area contributed by atoms with Crippen molar-refractivity contribution in [1.29, 1.82) is 0 Å². The Kier molecular flexibility index (Phi) is 6.48. The summed E-state index contributed by atoms with van der Waals surface area (Å²) >= 11 is 0. The van der Waals surface area contributed by atoms with Crippen molar-refractivity contribution in [3.8, 4) is 0 Å². The van der Waals surface area contributed by atoms with Gasteiger partial charge in [0.2, 0.25) is 5.91 Å². The molecule has 2 aliphatic rings. The number of nitrogens with one attached hydrogen (secondary N) is 1. The highest BCUT2D eigenvalue weighted by Gasteiger charge is 2.25. The molecule has 0 aromatic carbocycles. The van der Waals surface area contributed by atoms with Gasteiger partial charge in [-0.25, -0.2) is 4.98 Å². The van der Waals surface area contributed by atoms with E-state index in [9.17, 15) is 4.79 Å². The number of likely N-dealkylation sites (tertiary alicyclic amines) is 2. The lowest BCUT2D eigenvalue weighted by molar-refractivity contribution is -0.126. The number of aromatic nitrogens is 2. The van der Waals surface area contributed by atoms with Gasteiger partial charge in [-0.05, 0) is 51.2 Å². The summed E-state index contributed by atoms with van der Waals surface area (Å²) in [6, 6.07) is 0. The number of carbonyl (C=O) groups is 1. The van der Waals surface area contributed by atoms with Gasteiger partial charge in [0.05, 0.1) is 6.54 Å². The Bertz CT molecular complexity index is 550. The number of rotatable bonds is 6. The summed E-state index contributed by atoms with van der Waals surface area (Å²) < 4.78 is 2.07. The minimum Gasteiger partial charge on any atom is -0.355 e. The predicted molar refractivity (Wildman–Crippen MR) is 99.1 cm³/mol. The number of amides is 1. The molecule has 1 atom stereocenters. The number of aryl methyl sites for hydroxylation is 1. The highest BCUT2D eigenvalue weighted by atomic mass is 16.1. The van der Waals surface area contributed by atoms with Crippen LogP contribution in [0.15, 0.2) is 12.4 Å². The molecule has 2 fully saturated rings. The van der Waals surface area contributed by atoms with Crippen molar-refractivity contribution in [2.45, 2.75) is 39.2 Å². The third kappa shape index (κ3) is 5.28. The van der Waals surface area contributed by atoms with Crippen LogP contribution in [0.25, 0.3) is 0 Å². The summed E-state index contributed by atoms with van der Waals surface area (Å²) in [5, 5.41) is 3.17. The quantitative estimate of drug-likeness (QED) is 0.847. The van der Waals surface area contributed by atoms with E-state index in [0.717, 1.165) is 57.3 Å². The molecule has 2 aliphatic heterocycles. The summed E-state index contributed by atoms with van der Waals surface area (Å²) in [5.41, 5.74) is 0. The second-order valence-corrected chi connectivity index (χ2v) is 7.84. The molecule has 6 heteroatoms. The molecule has 1 aromatic rings. The maximum atomic E-state index is 12.4. The number of hydrogen-bond acceptors (Lipinski definition) is 4. The maximum absolute atomic E-state index is 12.4. The summed E-state index contributed by atoms with van der Waals surface area (Å²) in [5.74, 6) is 2.32. The van der Waals surface area contributed by atoms with E-state index in [4.69, 9.17) is 0 Å². The zero-order valence-corrected chi connectivity index (χ0v) is 15.8. The molecular weight excluding hydrogens is 314 g/mol. The molecule has 0 bridgehead atoms. The van der Waals surface area contributed by atoms with Crippen molar-refractivity contribution >= 4 is 5.91 Å². The zero-order chi connectivity index (χ0) is 17.6. The minimum absolute atomic E-state index is 0.179. The number of hydrogen-bond donors (Lipinski definition) is 1. The van der Waals surface area contributed by atoms with Gasteiger partial charge in [-0.1, -0.05) is 6.92 Å². The first-order chi connectivity index (χ1) is 12.1. The predicted octanol–water partition coefficient (Wildman–Crippen LogP) is 1.48. The van der Waals surface area contributed by atoms with Gasteiger partial charge in [0.1, 0.15) is 5.82 Å². The average Bonchev–Trinajstić information content (AvgIpc) is 3.00. The molecule has 140 valence electrons. The molecule has 6 nitrogen and oxygen atoms in total. The molecule has 0 saturated carbocycles. The van der Waals surface area contributed by atoms with Crippen molar-refractivity contribution in [1.82, 2.24) is 24.7 Å². The number of piperidine rings is 2. The second kappa shape index (κ2) is 8.81. The summed E-state index contributed by atoms with van der Waals surface area (Å²) in [4.78, 5) is 21.7. The lowest BCUT2D eigenvalue weighted by atomic mass is 9.96. The number of nitrogens with zero attached hydrogens (tertiary/aromatic N) is 4. The average molecular weight is 348 g/mol. The molecule has 2 saturated heterocycles. The van der Waals surface area contributed by atoms with Crippen LogP contribution >= 0.6 is 0 Å². The first-order valence-corrected chi connectivity index (χ1v) is 9.80. The molecule has 25 heavy (non-hydrogen) atoms. The molecule has 1 aromatic heterocycles. The minimum atomic E-state index is 0.179. The summed E-state index contributed by atoms with van der Waals surface area (Å²) in [6.07, 6.45) is 8.38. The van der Waals surface area contributed by atoms with Crippen LogP contribution in [0.1, 0.15) is 38.4 Å². The molecule has 1 N–H and O–H groups in total.